The second-order valence-electron chi connectivity index (χ2n) is 3.84. The average molecular weight is 157 g/mol. The van der Waals surface area contributed by atoms with Crippen molar-refractivity contribution in [3.05, 3.63) is 0 Å². The molecule has 0 bridgehead atoms. The summed E-state index contributed by atoms with van der Waals surface area (Å²) in [6, 6.07) is 0. The summed E-state index contributed by atoms with van der Waals surface area (Å²) in [5.74, 6) is 2.29. The van der Waals surface area contributed by atoms with Crippen LogP contribution in [-0.4, -0.2) is 6.54 Å². The van der Waals surface area contributed by atoms with Crippen LogP contribution in [0.15, 0.2) is 0 Å². The molecule has 0 fully saturated rings. The third-order valence-corrected chi connectivity index (χ3v) is 2.91. The Kier molecular flexibility index (Phi) is 5.57. The van der Waals surface area contributed by atoms with Gasteiger partial charge in [0.1, 0.15) is 0 Å². The van der Waals surface area contributed by atoms with Crippen LogP contribution in [0.3, 0.4) is 0 Å². The molecule has 11 heavy (non-hydrogen) atoms. The van der Waals surface area contributed by atoms with E-state index in [1.807, 2.05) is 0 Å². The molecular formula is C10H23N. The minimum Gasteiger partial charge on any atom is -0.330 e. The van der Waals surface area contributed by atoms with Crippen molar-refractivity contribution in [1.29, 1.82) is 0 Å². The van der Waals surface area contributed by atoms with E-state index >= 15 is 0 Å². The van der Waals surface area contributed by atoms with Crippen LogP contribution in [0.25, 0.3) is 0 Å². The lowest BCUT2D eigenvalue weighted by atomic mass is 9.83. The molecular weight excluding hydrogens is 134 g/mol. The number of hydrogen-bond donors (Lipinski definition) is 1. The summed E-state index contributed by atoms with van der Waals surface area (Å²) in [5, 5.41) is 0. The van der Waals surface area contributed by atoms with Crippen LogP contribution in [0, 0.1) is 17.8 Å². The lowest BCUT2D eigenvalue weighted by Crippen LogP contribution is -2.23. The van der Waals surface area contributed by atoms with Gasteiger partial charge in [0.05, 0.1) is 0 Å². The fourth-order valence-electron chi connectivity index (χ4n) is 1.49. The van der Waals surface area contributed by atoms with Gasteiger partial charge < -0.3 is 5.73 Å². The summed E-state index contributed by atoms with van der Waals surface area (Å²) in [4.78, 5) is 0. The van der Waals surface area contributed by atoms with E-state index in [4.69, 9.17) is 5.73 Å². The quantitative estimate of drug-likeness (QED) is 0.652. The second kappa shape index (κ2) is 5.59. The maximum atomic E-state index is 5.61. The second-order valence-corrected chi connectivity index (χ2v) is 3.84. The largest absolute Gasteiger partial charge is 0.330 e. The SMILES string of the molecule is CCCC(C)C(C)C(C)CN. The van der Waals surface area contributed by atoms with Crippen molar-refractivity contribution in [1.82, 2.24) is 0 Å². The van der Waals surface area contributed by atoms with Crippen molar-refractivity contribution in [3.63, 3.8) is 0 Å². The molecule has 3 atom stereocenters. The van der Waals surface area contributed by atoms with Crippen molar-refractivity contribution in [2.24, 2.45) is 23.5 Å². The minimum atomic E-state index is 0.677. The monoisotopic (exact) mass is 157 g/mol. The van der Waals surface area contributed by atoms with Gasteiger partial charge in [0.25, 0.3) is 0 Å². The lowest BCUT2D eigenvalue weighted by Gasteiger charge is -2.24. The van der Waals surface area contributed by atoms with Crippen LogP contribution < -0.4 is 5.73 Å². The topological polar surface area (TPSA) is 26.0 Å². The van der Waals surface area contributed by atoms with Crippen LogP contribution in [0.5, 0.6) is 0 Å². The van der Waals surface area contributed by atoms with Crippen molar-refractivity contribution < 1.29 is 0 Å². The molecule has 0 aliphatic heterocycles. The molecule has 0 rings (SSSR count). The maximum Gasteiger partial charge on any atom is -0.00489 e. The Morgan fingerprint density at radius 3 is 2.00 bits per heavy atom. The van der Waals surface area contributed by atoms with Gasteiger partial charge in [-0.3, -0.25) is 0 Å². The van der Waals surface area contributed by atoms with Gasteiger partial charge in [-0.2, -0.15) is 0 Å². The number of hydrogen-bond acceptors (Lipinski definition) is 1. The fraction of sp³-hybridized carbons (Fsp3) is 1.00. The molecule has 0 aliphatic carbocycles. The van der Waals surface area contributed by atoms with Crippen molar-refractivity contribution >= 4 is 0 Å². The van der Waals surface area contributed by atoms with Gasteiger partial charge in [0.15, 0.2) is 0 Å². The Balaban J connectivity index is 3.70. The molecule has 0 heterocycles. The standard InChI is InChI=1S/C10H23N/c1-5-6-8(2)10(4)9(3)7-11/h8-10H,5-7,11H2,1-4H3. The van der Waals surface area contributed by atoms with E-state index in [1.54, 1.807) is 0 Å². The van der Waals surface area contributed by atoms with Crippen molar-refractivity contribution in [2.75, 3.05) is 6.54 Å². The molecule has 0 aliphatic rings. The first-order chi connectivity index (χ1) is 5.13. The van der Waals surface area contributed by atoms with E-state index in [0.29, 0.717) is 5.92 Å². The molecule has 0 aromatic heterocycles. The van der Waals surface area contributed by atoms with E-state index in [9.17, 15) is 0 Å². The Morgan fingerprint density at radius 1 is 1.09 bits per heavy atom. The smallest absolute Gasteiger partial charge is 0.00489 e. The van der Waals surface area contributed by atoms with Crippen molar-refractivity contribution in [2.45, 2.75) is 40.5 Å². The van der Waals surface area contributed by atoms with E-state index in [-0.39, 0.29) is 0 Å². The van der Waals surface area contributed by atoms with E-state index in [0.717, 1.165) is 18.4 Å². The average Bonchev–Trinajstić information content (AvgIpc) is 2.02. The van der Waals surface area contributed by atoms with Gasteiger partial charge in [-0.15, -0.1) is 0 Å². The molecule has 0 radical (unpaired) electrons. The van der Waals surface area contributed by atoms with E-state index < -0.39 is 0 Å². The van der Waals surface area contributed by atoms with Gasteiger partial charge >= 0.3 is 0 Å². The maximum absolute atomic E-state index is 5.61. The van der Waals surface area contributed by atoms with Crippen LogP contribution in [0.2, 0.25) is 0 Å². The predicted octanol–water partition coefficient (Wildman–Crippen LogP) is 2.65. The highest BCUT2D eigenvalue weighted by Crippen LogP contribution is 2.23. The summed E-state index contributed by atoms with van der Waals surface area (Å²) >= 11 is 0. The molecule has 0 saturated heterocycles. The van der Waals surface area contributed by atoms with Crippen LogP contribution in [0.4, 0.5) is 0 Å². The molecule has 68 valence electrons. The Bertz CT molecular complexity index is 90.9. The first-order valence-electron chi connectivity index (χ1n) is 4.83. The zero-order valence-corrected chi connectivity index (χ0v) is 8.43. The number of rotatable bonds is 5. The minimum absolute atomic E-state index is 0.677. The Hall–Kier alpha value is -0.0400. The van der Waals surface area contributed by atoms with Crippen LogP contribution >= 0.6 is 0 Å². The van der Waals surface area contributed by atoms with Crippen molar-refractivity contribution in [3.8, 4) is 0 Å². The summed E-state index contributed by atoms with van der Waals surface area (Å²) in [6.45, 7) is 9.97. The normalized spacial score (nSPS) is 19.4. The first-order valence-corrected chi connectivity index (χ1v) is 4.83. The highest BCUT2D eigenvalue weighted by atomic mass is 14.5. The molecule has 0 spiro atoms. The Morgan fingerprint density at radius 2 is 1.64 bits per heavy atom. The summed E-state index contributed by atoms with van der Waals surface area (Å²) in [6.07, 6.45) is 2.63. The molecule has 3 unspecified atom stereocenters. The molecule has 1 nitrogen and oxygen atoms in total. The van der Waals surface area contributed by atoms with Crippen LogP contribution in [-0.2, 0) is 0 Å². The predicted molar refractivity (Wildman–Crippen MR) is 51.5 cm³/mol. The zero-order chi connectivity index (χ0) is 8.85. The highest BCUT2D eigenvalue weighted by molar-refractivity contribution is 4.68. The molecule has 2 N–H and O–H groups in total. The molecule has 0 aromatic rings. The third kappa shape index (κ3) is 3.76. The molecule has 0 aromatic carbocycles. The van der Waals surface area contributed by atoms with Crippen LogP contribution in [0.1, 0.15) is 40.5 Å². The van der Waals surface area contributed by atoms with Gasteiger partial charge in [0, 0.05) is 0 Å². The lowest BCUT2D eigenvalue weighted by molar-refractivity contribution is 0.270. The third-order valence-electron chi connectivity index (χ3n) is 2.91. The van der Waals surface area contributed by atoms with Gasteiger partial charge in [-0.05, 0) is 24.3 Å². The Labute approximate surface area is 71.4 Å². The fourth-order valence-corrected chi connectivity index (χ4v) is 1.49. The highest BCUT2D eigenvalue weighted by Gasteiger charge is 2.16. The van der Waals surface area contributed by atoms with E-state index in [2.05, 4.69) is 27.7 Å². The summed E-state index contributed by atoms with van der Waals surface area (Å²) in [7, 11) is 0. The molecule has 0 saturated carbocycles. The molecule has 0 amide bonds. The first kappa shape index (κ1) is 11.0. The number of nitrogens with two attached hydrogens (primary N) is 1. The summed E-state index contributed by atoms with van der Waals surface area (Å²) < 4.78 is 0. The van der Waals surface area contributed by atoms with E-state index in [1.165, 1.54) is 12.8 Å². The molecule has 1 heteroatoms. The zero-order valence-electron chi connectivity index (χ0n) is 8.43. The van der Waals surface area contributed by atoms with Gasteiger partial charge in [0.2, 0.25) is 0 Å². The van der Waals surface area contributed by atoms with Gasteiger partial charge in [-0.1, -0.05) is 40.5 Å². The van der Waals surface area contributed by atoms with Gasteiger partial charge in [-0.25, -0.2) is 0 Å². The summed E-state index contributed by atoms with van der Waals surface area (Å²) in [5.41, 5.74) is 5.61.